The normalized spacial score (nSPS) is 13.1. The van der Waals surface area contributed by atoms with Gasteiger partial charge in [0, 0.05) is 4.88 Å². The Labute approximate surface area is 165 Å². The number of fused-ring (bicyclic) bond motifs is 1. The Hall–Kier alpha value is -2.40. The molecular weight excluding hydrogens is 419 g/mol. The van der Waals surface area contributed by atoms with Crippen LogP contribution in [0.15, 0.2) is 10.9 Å². The van der Waals surface area contributed by atoms with Crippen LogP contribution in [0.3, 0.4) is 0 Å². The highest BCUT2D eigenvalue weighted by molar-refractivity contribution is 7.18. The van der Waals surface area contributed by atoms with Crippen LogP contribution in [0.5, 0.6) is 0 Å². The number of alkyl halides is 3. The van der Waals surface area contributed by atoms with Crippen LogP contribution in [0.4, 0.5) is 13.2 Å². The van der Waals surface area contributed by atoms with E-state index in [4.69, 9.17) is 11.6 Å². The van der Waals surface area contributed by atoms with Gasteiger partial charge in [0.15, 0.2) is 5.69 Å². The maximum absolute atomic E-state index is 13.0. The Balaban J connectivity index is 1.96. The average Bonchev–Trinajstić information content (AvgIpc) is 3.10. The van der Waals surface area contributed by atoms with Crippen molar-refractivity contribution in [3.05, 3.63) is 43.5 Å². The maximum Gasteiger partial charge on any atom is 0.436 e. The molecule has 0 bridgehead atoms. The standard InChI is InChI=1S/C16H15ClF3N5O2S/c1-6-5-10-14(28-6)21-9(4)25(15(10)27)23-13(26)8(3)24-7(2)11(17)12(22-24)16(18,19)20/h5,8H,1-4H3,(H,23,26)/t8-/m1/s1. The molecule has 0 aliphatic carbocycles. The molecule has 0 spiro atoms. The number of hydrogen-bond acceptors (Lipinski definition) is 5. The molecule has 0 radical (unpaired) electrons. The summed E-state index contributed by atoms with van der Waals surface area (Å²) in [6.07, 6.45) is -4.75. The predicted molar refractivity (Wildman–Crippen MR) is 99.4 cm³/mol. The molecule has 1 N–H and O–H groups in total. The monoisotopic (exact) mass is 433 g/mol. The summed E-state index contributed by atoms with van der Waals surface area (Å²) in [5.41, 5.74) is 0.643. The van der Waals surface area contributed by atoms with Crippen LogP contribution in [0, 0.1) is 20.8 Å². The number of thiophene rings is 1. The van der Waals surface area contributed by atoms with Gasteiger partial charge in [0.2, 0.25) is 0 Å². The molecule has 0 unspecified atom stereocenters. The van der Waals surface area contributed by atoms with Gasteiger partial charge in [0.1, 0.15) is 16.7 Å². The first-order valence-corrected chi connectivity index (χ1v) is 9.23. The number of aromatic nitrogens is 4. The molecule has 0 saturated carbocycles. The molecule has 0 aromatic carbocycles. The summed E-state index contributed by atoms with van der Waals surface area (Å²) < 4.78 is 40.8. The van der Waals surface area contributed by atoms with Crippen molar-refractivity contribution in [2.24, 2.45) is 0 Å². The van der Waals surface area contributed by atoms with Crippen molar-refractivity contribution in [3.63, 3.8) is 0 Å². The summed E-state index contributed by atoms with van der Waals surface area (Å²) in [6, 6.07) is 0.508. The van der Waals surface area contributed by atoms with Crippen LogP contribution < -0.4 is 11.0 Å². The molecule has 3 rings (SSSR count). The highest BCUT2D eigenvalue weighted by atomic mass is 35.5. The first-order valence-electron chi connectivity index (χ1n) is 8.04. The summed E-state index contributed by atoms with van der Waals surface area (Å²) in [4.78, 5) is 31.0. The molecule has 7 nitrogen and oxygen atoms in total. The number of nitrogens with zero attached hydrogens (tertiary/aromatic N) is 4. The van der Waals surface area contributed by atoms with Crippen molar-refractivity contribution < 1.29 is 18.0 Å². The number of carbonyl (C=O) groups is 1. The highest BCUT2D eigenvalue weighted by Gasteiger charge is 2.39. The van der Waals surface area contributed by atoms with E-state index in [1.165, 1.54) is 25.2 Å². The summed E-state index contributed by atoms with van der Waals surface area (Å²) in [5.74, 6) is -0.500. The van der Waals surface area contributed by atoms with Crippen LogP contribution in [-0.2, 0) is 11.0 Å². The van der Waals surface area contributed by atoms with Crippen molar-refractivity contribution in [1.29, 1.82) is 0 Å². The number of rotatable bonds is 3. The van der Waals surface area contributed by atoms with Gasteiger partial charge in [-0.2, -0.15) is 18.3 Å². The van der Waals surface area contributed by atoms with Crippen LogP contribution in [0.1, 0.15) is 35.1 Å². The van der Waals surface area contributed by atoms with E-state index in [9.17, 15) is 22.8 Å². The Morgan fingerprint density at radius 3 is 2.54 bits per heavy atom. The van der Waals surface area contributed by atoms with Gasteiger partial charge in [0.25, 0.3) is 11.5 Å². The lowest BCUT2D eigenvalue weighted by atomic mass is 10.3. The second-order valence-corrected chi connectivity index (χ2v) is 7.83. The molecule has 1 atom stereocenters. The molecule has 0 fully saturated rings. The molecule has 150 valence electrons. The predicted octanol–water partition coefficient (Wildman–Crippen LogP) is 3.58. The molecule has 0 aliphatic heterocycles. The Morgan fingerprint density at radius 2 is 1.96 bits per heavy atom. The van der Waals surface area contributed by atoms with Gasteiger partial charge >= 0.3 is 6.18 Å². The molecular formula is C16H15ClF3N5O2S. The minimum absolute atomic E-state index is 0.0113. The third-order valence-electron chi connectivity index (χ3n) is 4.17. The first-order chi connectivity index (χ1) is 12.9. The Bertz CT molecular complexity index is 1150. The fourth-order valence-corrected chi connectivity index (χ4v) is 3.85. The SMILES string of the molecule is Cc1cc2c(=O)n(NC(=O)[C@@H](C)n3nc(C(F)(F)F)c(Cl)c3C)c(C)nc2s1. The third-order valence-corrected chi connectivity index (χ3v) is 5.57. The second-order valence-electron chi connectivity index (χ2n) is 6.22. The lowest BCUT2D eigenvalue weighted by Crippen LogP contribution is -2.38. The van der Waals surface area contributed by atoms with Gasteiger partial charge in [0.05, 0.1) is 16.1 Å². The van der Waals surface area contributed by atoms with Crippen molar-refractivity contribution in [2.75, 3.05) is 5.43 Å². The zero-order valence-electron chi connectivity index (χ0n) is 15.2. The first kappa shape index (κ1) is 20.3. The van der Waals surface area contributed by atoms with E-state index in [2.05, 4.69) is 15.5 Å². The van der Waals surface area contributed by atoms with Crippen LogP contribution in [0.25, 0.3) is 10.2 Å². The minimum atomic E-state index is -4.75. The highest BCUT2D eigenvalue weighted by Crippen LogP contribution is 2.36. The molecule has 1 amide bonds. The van der Waals surface area contributed by atoms with Crippen molar-refractivity contribution >= 4 is 39.1 Å². The summed E-state index contributed by atoms with van der Waals surface area (Å²) in [7, 11) is 0. The number of hydrogen-bond donors (Lipinski definition) is 1. The molecule has 3 aromatic rings. The van der Waals surface area contributed by atoms with Gasteiger partial charge < -0.3 is 0 Å². The second kappa shape index (κ2) is 6.89. The number of carbonyl (C=O) groups excluding carboxylic acids is 1. The van der Waals surface area contributed by atoms with Crippen LogP contribution in [0.2, 0.25) is 5.02 Å². The Morgan fingerprint density at radius 1 is 1.32 bits per heavy atom. The van der Waals surface area contributed by atoms with Crippen LogP contribution in [-0.4, -0.2) is 25.3 Å². The van der Waals surface area contributed by atoms with Gasteiger partial charge in [-0.3, -0.25) is 19.7 Å². The number of amides is 1. The molecule has 3 heterocycles. The lowest BCUT2D eigenvalue weighted by Gasteiger charge is -2.16. The number of nitrogens with one attached hydrogen (secondary N) is 1. The lowest BCUT2D eigenvalue weighted by molar-refractivity contribution is -0.141. The summed E-state index contributed by atoms with van der Waals surface area (Å²) >= 11 is 7.07. The van der Waals surface area contributed by atoms with Crippen molar-refractivity contribution in [1.82, 2.24) is 19.4 Å². The fraction of sp³-hybridized carbons (Fsp3) is 0.375. The average molecular weight is 434 g/mol. The topological polar surface area (TPSA) is 81.8 Å². The van der Waals surface area contributed by atoms with E-state index < -0.39 is 34.4 Å². The van der Waals surface area contributed by atoms with E-state index in [0.29, 0.717) is 10.2 Å². The van der Waals surface area contributed by atoms with E-state index >= 15 is 0 Å². The van der Waals surface area contributed by atoms with Gasteiger partial charge in [-0.05, 0) is 33.8 Å². The van der Waals surface area contributed by atoms with E-state index in [0.717, 1.165) is 14.2 Å². The van der Waals surface area contributed by atoms with Crippen LogP contribution >= 0.6 is 22.9 Å². The van der Waals surface area contributed by atoms with E-state index in [1.807, 2.05) is 6.92 Å². The quantitative estimate of drug-likeness (QED) is 0.684. The zero-order valence-corrected chi connectivity index (χ0v) is 16.8. The molecule has 0 aliphatic rings. The molecule has 12 heteroatoms. The summed E-state index contributed by atoms with van der Waals surface area (Å²) in [5, 5.41) is 3.21. The van der Waals surface area contributed by atoms with Gasteiger partial charge in [-0.15, -0.1) is 11.3 Å². The fourth-order valence-electron chi connectivity index (χ4n) is 2.71. The van der Waals surface area contributed by atoms with E-state index in [1.54, 1.807) is 13.0 Å². The minimum Gasteiger partial charge on any atom is -0.271 e. The largest absolute Gasteiger partial charge is 0.436 e. The molecule has 0 saturated heterocycles. The molecule has 3 aromatic heterocycles. The van der Waals surface area contributed by atoms with E-state index in [-0.39, 0.29) is 11.5 Å². The summed E-state index contributed by atoms with van der Waals surface area (Å²) in [6.45, 7) is 6.05. The van der Waals surface area contributed by atoms with Gasteiger partial charge in [-0.1, -0.05) is 11.6 Å². The Kier molecular flexibility index (Phi) is 5.00. The van der Waals surface area contributed by atoms with Crippen molar-refractivity contribution in [2.45, 2.75) is 39.9 Å². The zero-order chi connectivity index (χ0) is 21.0. The van der Waals surface area contributed by atoms with Gasteiger partial charge in [-0.25, -0.2) is 9.66 Å². The smallest absolute Gasteiger partial charge is 0.271 e. The number of aryl methyl sites for hydroxylation is 2. The number of halogens is 4. The third kappa shape index (κ3) is 3.39. The maximum atomic E-state index is 13.0. The van der Waals surface area contributed by atoms with Crippen molar-refractivity contribution in [3.8, 4) is 0 Å². The molecule has 28 heavy (non-hydrogen) atoms.